The summed E-state index contributed by atoms with van der Waals surface area (Å²) in [7, 11) is 1.47. The SMILES string of the molecule is Cc1nc(SC2CCCCNC2=O)c2c(=O)n(C)c(=O)n(CC(C)C)c2n1. The van der Waals surface area contributed by atoms with Crippen LogP contribution in [0, 0.1) is 12.8 Å². The van der Waals surface area contributed by atoms with Crippen molar-refractivity contribution in [1.29, 1.82) is 0 Å². The molecular formula is C18H25N5O3S. The molecule has 0 saturated carbocycles. The summed E-state index contributed by atoms with van der Waals surface area (Å²) in [4.78, 5) is 46.7. The molecule has 3 rings (SSSR count). The van der Waals surface area contributed by atoms with Crippen molar-refractivity contribution >= 4 is 28.7 Å². The molecule has 1 atom stereocenters. The molecule has 27 heavy (non-hydrogen) atoms. The van der Waals surface area contributed by atoms with Crippen LogP contribution in [0.25, 0.3) is 11.0 Å². The maximum atomic E-state index is 12.9. The Morgan fingerprint density at radius 2 is 1.96 bits per heavy atom. The first-order chi connectivity index (χ1) is 12.8. The zero-order valence-corrected chi connectivity index (χ0v) is 16.9. The number of hydrogen-bond donors (Lipinski definition) is 1. The van der Waals surface area contributed by atoms with Gasteiger partial charge >= 0.3 is 5.69 Å². The van der Waals surface area contributed by atoms with E-state index in [9.17, 15) is 14.4 Å². The molecule has 0 radical (unpaired) electrons. The van der Waals surface area contributed by atoms with Gasteiger partial charge in [0.2, 0.25) is 5.91 Å². The van der Waals surface area contributed by atoms with Gasteiger partial charge in [-0.15, -0.1) is 0 Å². The molecule has 1 aliphatic heterocycles. The molecule has 2 aromatic heterocycles. The summed E-state index contributed by atoms with van der Waals surface area (Å²) < 4.78 is 2.63. The van der Waals surface area contributed by atoms with Crippen molar-refractivity contribution < 1.29 is 4.79 Å². The van der Waals surface area contributed by atoms with E-state index < -0.39 is 5.56 Å². The van der Waals surface area contributed by atoms with Crippen molar-refractivity contribution in [2.45, 2.75) is 56.9 Å². The van der Waals surface area contributed by atoms with Crippen LogP contribution in [0.2, 0.25) is 0 Å². The number of nitrogens with zero attached hydrogens (tertiary/aromatic N) is 4. The van der Waals surface area contributed by atoms with Crippen molar-refractivity contribution in [1.82, 2.24) is 24.4 Å². The molecule has 1 aliphatic rings. The average molecular weight is 391 g/mol. The molecule has 0 bridgehead atoms. The monoisotopic (exact) mass is 391 g/mol. The fraction of sp³-hybridized carbons (Fsp3) is 0.611. The lowest BCUT2D eigenvalue weighted by Gasteiger charge is -2.17. The fourth-order valence-corrected chi connectivity index (χ4v) is 4.44. The molecule has 146 valence electrons. The first-order valence-corrected chi connectivity index (χ1v) is 10.1. The highest BCUT2D eigenvalue weighted by Gasteiger charge is 2.26. The first-order valence-electron chi connectivity index (χ1n) is 9.22. The Kier molecular flexibility index (Phi) is 5.69. The summed E-state index contributed by atoms with van der Waals surface area (Å²) in [6.07, 6.45) is 2.61. The number of carbonyl (C=O) groups excluding carboxylic acids is 1. The van der Waals surface area contributed by atoms with Crippen molar-refractivity contribution in [3.05, 3.63) is 26.7 Å². The predicted molar refractivity (Wildman–Crippen MR) is 105 cm³/mol. The third kappa shape index (κ3) is 3.92. The summed E-state index contributed by atoms with van der Waals surface area (Å²) in [5.41, 5.74) is -0.463. The van der Waals surface area contributed by atoms with Crippen LogP contribution in [-0.4, -0.2) is 36.8 Å². The third-order valence-corrected chi connectivity index (χ3v) is 5.80. The number of nitrogens with one attached hydrogen (secondary N) is 1. The molecule has 0 spiro atoms. The number of amides is 1. The lowest BCUT2D eigenvalue weighted by atomic mass is 10.2. The van der Waals surface area contributed by atoms with Crippen LogP contribution in [0.3, 0.4) is 0 Å². The maximum Gasteiger partial charge on any atom is 0.332 e. The third-order valence-electron chi connectivity index (χ3n) is 4.55. The normalized spacial score (nSPS) is 18.0. The molecule has 9 heteroatoms. The zero-order chi connectivity index (χ0) is 19.7. The highest BCUT2D eigenvalue weighted by atomic mass is 32.2. The second-order valence-electron chi connectivity index (χ2n) is 7.32. The standard InChI is InChI=1S/C18H25N5O3S/c1-10(2)9-23-14-13(17(25)22(4)18(23)26)16(21-11(3)20-14)27-12-7-5-6-8-19-15(12)24/h10,12H,5-9H2,1-4H3,(H,19,24). The molecular weight excluding hydrogens is 366 g/mol. The van der Waals surface area contributed by atoms with E-state index in [1.165, 1.54) is 23.4 Å². The van der Waals surface area contributed by atoms with Gasteiger partial charge in [-0.25, -0.2) is 14.8 Å². The Morgan fingerprint density at radius 1 is 1.22 bits per heavy atom. The molecule has 3 heterocycles. The van der Waals surface area contributed by atoms with E-state index >= 15 is 0 Å². The Labute approximate surface area is 161 Å². The second kappa shape index (κ2) is 7.84. The lowest BCUT2D eigenvalue weighted by Crippen LogP contribution is -2.40. The van der Waals surface area contributed by atoms with Crippen LogP contribution in [0.15, 0.2) is 14.6 Å². The van der Waals surface area contributed by atoms with Gasteiger partial charge in [0.05, 0.1) is 5.25 Å². The summed E-state index contributed by atoms with van der Waals surface area (Å²) in [5.74, 6) is 0.654. The molecule has 1 amide bonds. The van der Waals surface area contributed by atoms with Crippen LogP contribution >= 0.6 is 11.8 Å². The van der Waals surface area contributed by atoms with E-state index in [2.05, 4.69) is 15.3 Å². The number of thioether (sulfide) groups is 1. The van der Waals surface area contributed by atoms with Crippen LogP contribution in [0.1, 0.15) is 38.9 Å². The molecule has 1 N–H and O–H groups in total. The van der Waals surface area contributed by atoms with E-state index in [1.807, 2.05) is 13.8 Å². The van der Waals surface area contributed by atoms with Gasteiger partial charge in [-0.1, -0.05) is 32.0 Å². The summed E-state index contributed by atoms with van der Waals surface area (Å²) in [6.45, 7) is 6.87. The van der Waals surface area contributed by atoms with Crippen LogP contribution in [0.5, 0.6) is 0 Å². The van der Waals surface area contributed by atoms with E-state index in [0.29, 0.717) is 35.0 Å². The minimum atomic E-state index is -0.425. The van der Waals surface area contributed by atoms with Gasteiger partial charge in [0.1, 0.15) is 16.2 Å². The minimum absolute atomic E-state index is 0.0331. The van der Waals surface area contributed by atoms with Crippen LogP contribution < -0.4 is 16.6 Å². The van der Waals surface area contributed by atoms with Gasteiger partial charge in [-0.05, 0) is 25.7 Å². The molecule has 1 unspecified atom stereocenters. The highest BCUT2D eigenvalue weighted by molar-refractivity contribution is 8.00. The molecule has 1 fully saturated rings. The van der Waals surface area contributed by atoms with E-state index in [4.69, 9.17) is 0 Å². The Bertz CT molecular complexity index is 995. The van der Waals surface area contributed by atoms with Gasteiger partial charge in [0, 0.05) is 20.1 Å². The van der Waals surface area contributed by atoms with Gasteiger partial charge in [-0.3, -0.25) is 18.7 Å². The average Bonchev–Trinajstić information content (AvgIpc) is 2.81. The number of rotatable bonds is 4. The number of aryl methyl sites for hydroxylation is 1. The minimum Gasteiger partial charge on any atom is -0.355 e. The predicted octanol–water partition coefficient (Wildman–Crippen LogP) is 1.22. The summed E-state index contributed by atoms with van der Waals surface area (Å²) in [5, 5.41) is 3.38. The number of hydrogen-bond acceptors (Lipinski definition) is 6. The van der Waals surface area contributed by atoms with Crippen molar-refractivity contribution in [3.63, 3.8) is 0 Å². The van der Waals surface area contributed by atoms with Gasteiger partial charge < -0.3 is 5.32 Å². The van der Waals surface area contributed by atoms with Crippen LogP contribution in [0.4, 0.5) is 0 Å². The van der Waals surface area contributed by atoms with Crippen molar-refractivity contribution in [2.75, 3.05) is 6.54 Å². The number of fused-ring (bicyclic) bond motifs is 1. The quantitative estimate of drug-likeness (QED) is 0.787. The largest absolute Gasteiger partial charge is 0.355 e. The van der Waals surface area contributed by atoms with Crippen molar-refractivity contribution in [3.8, 4) is 0 Å². The Morgan fingerprint density at radius 3 is 2.67 bits per heavy atom. The number of aromatic nitrogens is 4. The maximum absolute atomic E-state index is 12.9. The zero-order valence-electron chi connectivity index (χ0n) is 16.1. The molecule has 1 saturated heterocycles. The molecule has 0 aliphatic carbocycles. The second-order valence-corrected chi connectivity index (χ2v) is 8.51. The molecule has 2 aromatic rings. The molecule has 0 aromatic carbocycles. The smallest absolute Gasteiger partial charge is 0.332 e. The van der Waals surface area contributed by atoms with E-state index in [0.717, 1.165) is 23.8 Å². The van der Waals surface area contributed by atoms with Gasteiger partial charge in [-0.2, -0.15) is 0 Å². The lowest BCUT2D eigenvalue weighted by molar-refractivity contribution is -0.120. The first kappa shape index (κ1) is 19.6. The van der Waals surface area contributed by atoms with E-state index in [1.54, 1.807) is 6.92 Å². The topological polar surface area (TPSA) is 98.9 Å². The van der Waals surface area contributed by atoms with Crippen molar-refractivity contribution in [2.24, 2.45) is 13.0 Å². The van der Waals surface area contributed by atoms with E-state index in [-0.39, 0.29) is 22.8 Å². The highest BCUT2D eigenvalue weighted by Crippen LogP contribution is 2.30. The number of carbonyl (C=O) groups is 1. The summed E-state index contributed by atoms with van der Waals surface area (Å²) in [6, 6.07) is 0. The Hall–Kier alpha value is -2.16. The van der Waals surface area contributed by atoms with Gasteiger partial charge in [0.25, 0.3) is 5.56 Å². The Balaban J connectivity index is 2.21. The van der Waals surface area contributed by atoms with Crippen LogP contribution in [-0.2, 0) is 18.4 Å². The van der Waals surface area contributed by atoms with Gasteiger partial charge in [0.15, 0.2) is 5.65 Å². The molecule has 8 nitrogen and oxygen atoms in total. The fourth-order valence-electron chi connectivity index (χ4n) is 3.21. The summed E-state index contributed by atoms with van der Waals surface area (Å²) >= 11 is 1.29.